The van der Waals surface area contributed by atoms with Crippen LogP contribution in [0.4, 0.5) is 0 Å². The van der Waals surface area contributed by atoms with Gasteiger partial charge in [0.2, 0.25) is 0 Å². The molecule has 1 aliphatic rings. The van der Waals surface area contributed by atoms with E-state index >= 15 is 0 Å². The summed E-state index contributed by atoms with van der Waals surface area (Å²) in [4.78, 5) is 5.09. The van der Waals surface area contributed by atoms with E-state index in [1.165, 1.54) is 32.5 Å². The van der Waals surface area contributed by atoms with E-state index in [0.29, 0.717) is 6.04 Å². The van der Waals surface area contributed by atoms with E-state index < -0.39 is 0 Å². The van der Waals surface area contributed by atoms with Gasteiger partial charge in [0.1, 0.15) is 5.76 Å². The van der Waals surface area contributed by atoms with Gasteiger partial charge in [0, 0.05) is 25.2 Å². The number of likely N-dealkylation sites (N-methyl/N-ethyl adjacent to an activating group) is 2. The van der Waals surface area contributed by atoms with Crippen molar-refractivity contribution in [2.24, 2.45) is 0 Å². The van der Waals surface area contributed by atoms with Crippen molar-refractivity contribution >= 4 is 0 Å². The molecule has 0 amide bonds. The molecule has 1 aromatic heterocycles. The molecule has 1 fully saturated rings. The Hall–Kier alpha value is -0.840. The number of hydrogen-bond acceptors (Lipinski definition) is 4. The number of likely N-dealkylation sites (tertiary alicyclic amines) is 1. The lowest BCUT2D eigenvalue weighted by Crippen LogP contribution is -2.45. The van der Waals surface area contributed by atoms with Gasteiger partial charge in [0.25, 0.3) is 0 Å². The number of hydrogen-bond donors (Lipinski definition) is 1. The van der Waals surface area contributed by atoms with Crippen LogP contribution < -0.4 is 5.32 Å². The summed E-state index contributed by atoms with van der Waals surface area (Å²) in [6, 6.07) is 5.24. The number of rotatable bonds is 8. The highest BCUT2D eigenvalue weighted by atomic mass is 16.3. The molecule has 114 valence electrons. The van der Waals surface area contributed by atoms with Gasteiger partial charge in [0.15, 0.2) is 0 Å². The molecule has 1 aliphatic heterocycles. The topological polar surface area (TPSA) is 31.6 Å². The Kier molecular flexibility index (Phi) is 6.07. The Morgan fingerprint density at radius 3 is 3.10 bits per heavy atom. The minimum Gasteiger partial charge on any atom is -0.468 e. The SMILES string of the molecule is CCN1CCCC1CN(C)C(C)CNCc1ccco1. The zero-order chi connectivity index (χ0) is 14.4. The second-order valence-corrected chi connectivity index (χ2v) is 5.92. The van der Waals surface area contributed by atoms with Crippen LogP contribution in [-0.4, -0.2) is 55.1 Å². The van der Waals surface area contributed by atoms with E-state index in [9.17, 15) is 0 Å². The van der Waals surface area contributed by atoms with Crippen LogP contribution in [0.2, 0.25) is 0 Å². The smallest absolute Gasteiger partial charge is 0.117 e. The predicted octanol–water partition coefficient (Wildman–Crippen LogP) is 2.17. The Morgan fingerprint density at radius 2 is 2.40 bits per heavy atom. The fraction of sp³-hybridized carbons (Fsp3) is 0.750. The third-order valence-electron chi connectivity index (χ3n) is 4.48. The largest absolute Gasteiger partial charge is 0.468 e. The van der Waals surface area contributed by atoms with Crippen molar-refractivity contribution in [3.05, 3.63) is 24.2 Å². The van der Waals surface area contributed by atoms with Crippen molar-refractivity contribution in [3.63, 3.8) is 0 Å². The molecule has 2 unspecified atom stereocenters. The van der Waals surface area contributed by atoms with Crippen LogP contribution in [0.3, 0.4) is 0 Å². The van der Waals surface area contributed by atoms with E-state index in [0.717, 1.165) is 24.9 Å². The van der Waals surface area contributed by atoms with Crippen LogP contribution in [0.15, 0.2) is 22.8 Å². The third kappa shape index (κ3) is 4.33. The maximum absolute atomic E-state index is 5.33. The molecule has 0 aromatic carbocycles. The molecule has 1 N–H and O–H groups in total. The normalized spacial score (nSPS) is 21.7. The van der Waals surface area contributed by atoms with Crippen LogP contribution >= 0.6 is 0 Å². The average Bonchev–Trinajstić information content (AvgIpc) is 3.09. The lowest BCUT2D eigenvalue weighted by Gasteiger charge is -2.31. The van der Waals surface area contributed by atoms with Crippen molar-refractivity contribution < 1.29 is 4.42 Å². The predicted molar refractivity (Wildman–Crippen MR) is 82.8 cm³/mol. The van der Waals surface area contributed by atoms with Gasteiger partial charge >= 0.3 is 0 Å². The molecular formula is C16H29N3O. The molecule has 0 spiro atoms. The van der Waals surface area contributed by atoms with Crippen LogP contribution in [0, 0.1) is 0 Å². The highest BCUT2D eigenvalue weighted by Crippen LogP contribution is 2.17. The van der Waals surface area contributed by atoms with Crippen LogP contribution in [-0.2, 0) is 6.54 Å². The molecule has 1 aromatic rings. The third-order valence-corrected chi connectivity index (χ3v) is 4.48. The standard InChI is InChI=1S/C16H29N3O/c1-4-19-9-5-7-15(19)13-18(3)14(2)11-17-12-16-8-6-10-20-16/h6,8,10,14-15,17H,4-5,7,9,11-13H2,1-3H3. The van der Waals surface area contributed by atoms with E-state index in [4.69, 9.17) is 4.42 Å². The molecule has 20 heavy (non-hydrogen) atoms. The summed E-state index contributed by atoms with van der Waals surface area (Å²) in [5, 5.41) is 3.47. The summed E-state index contributed by atoms with van der Waals surface area (Å²) < 4.78 is 5.33. The minimum absolute atomic E-state index is 0.546. The van der Waals surface area contributed by atoms with Crippen LogP contribution in [0.1, 0.15) is 32.4 Å². The Bertz CT molecular complexity index is 366. The number of nitrogens with one attached hydrogen (secondary N) is 1. The fourth-order valence-electron chi connectivity index (χ4n) is 3.00. The molecule has 4 heteroatoms. The molecule has 0 bridgehead atoms. The van der Waals surface area contributed by atoms with Crippen molar-refractivity contribution in [2.75, 3.05) is 33.2 Å². The van der Waals surface area contributed by atoms with Gasteiger partial charge in [-0.1, -0.05) is 6.92 Å². The van der Waals surface area contributed by atoms with E-state index in [-0.39, 0.29) is 0 Å². The molecule has 1 saturated heterocycles. The lowest BCUT2D eigenvalue weighted by molar-refractivity contribution is 0.167. The van der Waals surface area contributed by atoms with Gasteiger partial charge in [-0.25, -0.2) is 0 Å². The van der Waals surface area contributed by atoms with Gasteiger partial charge in [-0.15, -0.1) is 0 Å². The van der Waals surface area contributed by atoms with Crippen molar-refractivity contribution in [2.45, 2.75) is 45.3 Å². The minimum atomic E-state index is 0.546. The Morgan fingerprint density at radius 1 is 1.55 bits per heavy atom. The molecule has 2 heterocycles. The van der Waals surface area contributed by atoms with Gasteiger partial charge < -0.3 is 14.6 Å². The van der Waals surface area contributed by atoms with E-state index in [1.807, 2.05) is 12.1 Å². The summed E-state index contributed by atoms with van der Waals surface area (Å²) in [6.45, 7) is 10.0. The van der Waals surface area contributed by atoms with Gasteiger partial charge in [-0.2, -0.15) is 0 Å². The molecular weight excluding hydrogens is 250 g/mol. The molecule has 2 rings (SSSR count). The molecule has 2 atom stereocenters. The van der Waals surface area contributed by atoms with Crippen molar-refractivity contribution in [1.82, 2.24) is 15.1 Å². The summed E-state index contributed by atoms with van der Waals surface area (Å²) in [7, 11) is 2.24. The number of nitrogens with zero attached hydrogens (tertiary/aromatic N) is 2. The summed E-state index contributed by atoms with van der Waals surface area (Å²) in [5.74, 6) is 1.01. The van der Waals surface area contributed by atoms with Crippen LogP contribution in [0.5, 0.6) is 0 Å². The fourth-order valence-corrected chi connectivity index (χ4v) is 3.00. The van der Waals surface area contributed by atoms with Crippen molar-refractivity contribution in [3.8, 4) is 0 Å². The maximum atomic E-state index is 5.33. The van der Waals surface area contributed by atoms with E-state index in [2.05, 4.69) is 36.0 Å². The molecule has 0 saturated carbocycles. The molecule has 4 nitrogen and oxygen atoms in total. The Labute approximate surface area is 123 Å². The monoisotopic (exact) mass is 279 g/mol. The number of furan rings is 1. The first-order chi connectivity index (χ1) is 9.70. The van der Waals surface area contributed by atoms with Crippen molar-refractivity contribution in [1.29, 1.82) is 0 Å². The maximum Gasteiger partial charge on any atom is 0.117 e. The summed E-state index contributed by atoms with van der Waals surface area (Å²) in [6.07, 6.45) is 4.44. The van der Waals surface area contributed by atoms with Gasteiger partial charge in [-0.05, 0) is 52.0 Å². The average molecular weight is 279 g/mol. The first-order valence-electron chi connectivity index (χ1n) is 7.88. The van der Waals surface area contributed by atoms with Crippen LogP contribution in [0.25, 0.3) is 0 Å². The van der Waals surface area contributed by atoms with E-state index in [1.54, 1.807) is 6.26 Å². The highest BCUT2D eigenvalue weighted by molar-refractivity contribution is 4.97. The first-order valence-corrected chi connectivity index (χ1v) is 7.88. The second kappa shape index (κ2) is 7.81. The molecule has 0 aliphatic carbocycles. The summed E-state index contributed by atoms with van der Waals surface area (Å²) in [5.41, 5.74) is 0. The highest BCUT2D eigenvalue weighted by Gasteiger charge is 2.25. The quantitative estimate of drug-likeness (QED) is 0.790. The zero-order valence-electron chi connectivity index (χ0n) is 13.1. The lowest BCUT2D eigenvalue weighted by atomic mass is 10.2. The summed E-state index contributed by atoms with van der Waals surface area (Å²) >= 11 is 0. The van der Waals surface area contributed by atoms with Gasteiger partial charge in [0.05, 0.1) is 12.8 Å². The first kappa shape index (κ1) is 15.5. The zero-order valence-corrected chi connectivity index (χ0v) is 13.1. The van der Waals surface area contributed by atoms with Gasteiger partial charge in [-0.3, -0.25) is 4.90 Å². The molecule has 0 radical (unpaired) electrons. The Balaban J connectivity index is 1.67. The second-order valence-electron chi connectivity index (χ2n) is 5.92.